The molecule has 1 atom stereocenters. The summed E-state index contributed by atoms with van der Waals surface area (Å²) in [5.41, 5.74) is 1.27. The van der Waals surface area contributed by atoms with E-state index in [1.165, 1.54) is 12.0 Å². The van der Waals surface area contributed by atoms with E-state index in [4.69, 9.17) is 0 Å². The third-order valence-electron chi connectivity index (χ3n) is 1.24. The van der Waals surface area contributed by atoms with Gasteiger partial charge in [-0.1, -0.05) is 31.2 Å². The van der Waals surface area contributed by atoms with Gasteiger partial charge in [-0.05, 0) is 12.3 Å². The Bertz CT molecular complexity index is 109. The summed E-state index contributed by atoms with van der Waals surface area (Å²) in [4.78, 5) is 0. The number of hydrogen-bond donors (Lipinski definition) is 0. The van der Waals surface area contributed by atoms with E-state index in [0.717, 1.165) is 5.92 Å². The number of rotatable bonds is 0. The third kappa shape index (κ3) is 0.923. The van der Waals surface area contributed by atoms with Crippen molar-refractivity contribution in [3.63, 3.8) is 0 Å². The Morgan fingerprint density at radius 1 is 1.86 bits per heavy atom. The van der Waals surface area contributed by atoms with E-state index < -0.39 is 0 Å². The topological polar surface area (TPSA) is 0 Å². The van der Waals surface area contributed by atoms with Gasteiger partial charge in [0.25, 0.3) is 0 Å². The molecule has 0 heterocycles. The van der Waals surface area contributed by atoms with E-state index in [0.29, 0.717) is 0 Å². The fourth-order valence-electron chi connectivity index (χ4n) is 0.850. The van der Waals surface area contributed by atoms with Crippen LogP contribution >= 0.6 is 0 Å². The Morgan fingerprint density at radius 2 is 2.57 bits per heavy atom. The first kappa shape index (κ1) is 4.63. The SMILES string of the molecule is C=C1C=C[C@H](C)C1. The van der Waals surface area contributed by atoms with Crippen LogP contribution < -0.4 is 0 Å². The standard InChI is InChI=1S/C7H10/c1-6-3-4-7(2)5-6/h3-4,7H,1,5H2,2H3/t7-/m0/s1. The summed E-state index contributed by atoms with van der Waals surface area (Å²) in [6, 6.07) is 0. The average molecular weight is 94.2 g/mol. The van der Waals surface area contributed by atoms with E-state index in [1.807, 2.05) is 0 Å². The molecule has 0 heteroatoms. The van der Waals surface area contributed by atoms with E-state index in [2.05, 4.69) is 25.7 Å². The molecule has 7 heavy (non-hydrogen) atoms. The highest BCUT2D eigenvalue weighted by Crippen LogP contribution is 2.19. The van der Waals surface area contributed by atoms with Crippen LogP contribution in [0.3, 0.4) is 0 Å². The maximum Gasteiger partial charge on any atom is -0.0218 e. The minimum atomic E-state index is 0.743. The van der Waals surface area contributed by atoms with Crippen LogP contribution in [-0.2, 0) is 0 Å². The average Bonchev–Trinajstić information content (AvgIpc) is 1.87. The lowest BCUT2D eigenvalue weighted by Gasteiger charge is -1.92. The van der Waals surface area contributed by atoms with Gasteiger partial charge in [-0.25, -0.2) is 0 Å². The molecule has 0 aromatic rings. The Labute approximate surface area is 44.5 Å². The summed E-state index contributed by atoms with van der Waals surface area (Å²) in [5, 5.41) is 0. The van der Waals surface area contributed by atoms with Crippen molar-refractivity contribution in [2.45, 2.75) is 13.3 Å². The molecule has 1 aliphatic rings. The van der Waals surface area contributed by atoms with Gasteiger partial charge in [-0.15, -0.1) is 0 Å². The Hall–Kier alpha value is -0.520. The van der Waals surface area contributed by atoms with Crippen LogP contribution in [0.1, 0.15) is 13.3 Å². The van der Waals surface area contributed by atoms with Crippen molar-refractivity contribution in [2.24, 2.45) is 5.92 Å². The molecule has 0 fully saturated rings. The predicted octanol–water partition coefficient (Wildman–Crippen LogP) is 2.14. The van der Waals surface area contributed by atoms with E-state index in [-0.39, 0.29) is 0 Å². The fourth-order valence-corrected chi connectivity index (χ4v) is 0.850. The second kappa shape index (κ2) is 1.53. The van der Waals surface area contributed by atoms with Gasteiger partial charge in [0.2, 0.25) is 0 Å². The largest absolute Gasteiger partial charge is 0.0958 e. The van der Waals surface area contributed by atoms with Gasteiger partial charge >= 0.3 is 0 Å². The van der Waals surface area contributed by atoms with Crippen molar-refractivity contribution in [1.82, 2.24) is 0 Å². The predicted molar refractivity (Wildman–Crippen MR) is 32.1 cm³/mol. The lowest BCUT2D eigenvalue weighted by molar-refractivity contribution is 0.760. The molecule has 0 aromatic heterocycles. The zero-order valence-corrected chi connectivity index (χ0v) is 4.65. The lowest BCUT2D eigenvalue weighted by atomic mass is 10.1. The van der Waals surface area contributed by atoms with Crippen LogP contribution in [0.15, 0.2) is 24.3 Å². The van der Waals surface area contributed by atoms with Crippen molar-refractivity contribution in [3.05, 3.63) is 24.3 Å². The minimum absolute atomic E-state index is 0.743. The molecule has 0 saturated carbocycles. The normalized spacial score (nSPS) is 29.3. The molecule has 0 N–H and O–H groups in total. The first-order chi connectivity index (χ1) is 3.29. The third-order valence-corrected chi connectivity index (χ3v) is 1.24. The fraction of sp³-hybridized carbons (Fsp3) is 0.429. The molecule has 0 amide bonds. The molecule has 1 rings (SSSR count). The van der Waals surface area contributed by atoms with Gasteiger partial charge in [-0.2, -0.15) is 0 Å². The van der Waals surface area contributed by atoms with E-state index in [1.54, 1.807) is 0 Å². The molecule has 0 radical (unpaired) electrons. The molecule has 0 spiro atoms. The van der Waals surface area contributed by atoms with Crippen molar-refractivity contribution >= 4 is 0 Å². The van der Waals surface area contributed by atoms with Crippen molar-refractivity contribution in [3.8, 4) is 0 Å². The first-order valence-corrected chi connectivity index (χ1v) is 2.65. The highest BCUT2D eigenvalue weighted by atomic mass is 14.1. The molecule has 0 aliphatic heterocycles. The molecule has 1 aliphatic carbocycles. The molecular formula is C7H10. The monoisotopic (exact) mass is 94.1 g/mol. The summed E-state index contributed by atoms with van der Waals surface area (Å²) in [6.07, 6.45) is 5.47. The van der Waals surface area contributed by atoms with Crippen LogP contribution in [0.2, 0.25) is 0 Å². The first-order valence-electron chi connectivity index (χ1n) is 2.65. The number of hydrogen-bond acceptors (Lipinski definition) is 0. The lowest BCUT2D eigenvalue weighted by Crippen LogP contribution is -1.79. The van der Waals surface area contributed by atoms with Crippen LogP contribution in [-0.4, -0.2) is 0 Å². The van der Waals surface area contributed by atoms with Gasteiger partial charge in [-0.3, -0.25) is 0 Å². The smallest absolute Gasteiger partial charge is 0.0218 e. The van der Waals surface area contributed by atoms with Crippen molar-refractivity contribution in [1.29, 1.82) is 0 Å². The van der Waals surface area contributed by atoms with E-state index in [9.17, 15) is 0 Å². The summed E-state index contributed by atoms with van der Waals surface area (Å²) in [7, 11) is 0. The Kier molecular flexibility index (Phi) is 1.01. The summed E-state index contributed by atoms with van der Waals surface area (Å²) >= 11 is 0. The van der Waals surface area contributed by atoms with Crippen LogP contribution in [0.25, 0.3) is 0 Å². The molecule has 0 nitrogen and oxygen atoms in total. The van der Waals surface area contributed by atoms with E-state index >= 15 is 0 Å². The highest BCUT2D eigenvalue weighted by Gasteiger charge is 2.03. The number of allylic oxidation sites excluding steroid dienone is 3. The van der Waals surface area contributed by atoms with Gasteiger partial charge in [0.1, 0.15) is 0 Å². The summed E-state index contributed by atoms with van der Waals surface area (Å²) in [5.74, 6) is 0.743. The molecule has 0 unspecified atom stereocenters. The van der Waals surface area contributed by atoms with Gasteiger partial charge in [0.05, 0.1) is 0 Å². The quantitative estimate of drug-likeness (QED) is 0.431. The van der Waals surface area contributed by atoms with Crippen molar-refractivity contribution in [2.75, 3.05) is 0 Å². The molecule has 0 saturated heterocycles. The molecule has 0 bridgehead atoms. The van der Waals surface area contributed by atoms with Gasteiger partial charge in [0, 0.05) is 0 Å². The zero-order valence-electron chi connectivity index (χ0n) is 4.65. The van der Waals surface area contributed by atoms with Gasteiger partial charge in [0.15, 0.2) is 0 Å². The van der Waals surface area contributed by atoms with Crippen LogP contribution in [0, 0.1) is 5.92 Å². The summed E-state index contributed by atoms with van der Waals surface area (Å²) in [6.45, 7) is 6.02. The maximum atomic E-state index is 3.82. The highest BCUT2D eigenvalue weighted by molar-refractivity contribution is 5.22. The van der Waals surface area contributed by atoms with Crippen LogP contribution in [0.4, 0.5) is 0 Å². The zero-order chi connectivity index (χ0) is 5.28. The van der Waals surface area contributed by atoms with Crippen LogP contribution in [0.5, 0.6) is 0 Å². The molecule has 0 aromatic carbocycles. The molecular weight excluding hydrogens is 84.1 g/mol. The maximum absolute atomic E-state index is 3.82. The minimum Gasteiger partial charge on any atom is -0.0958 e. The van der Waals surface area contributed by atoms with Crippen molar-refractivity contribution < 1.29 is 0 Å². The Balaban J connectivity index is 2.58. The van der Waals surface area contributed by atoms with Gasteiger partial charge < -0.3 is 0 Å². The molecule has 38 valence electrons. The second-order valence-electron chi connectivity index (χ2n) is 2.20. The Morgan fingerprint density at radius 3 is 2.71 bits per heavy atom. The summed E-state index contributed by atoms with van der Waals surface area (Å²) < 4.78 is 0. The second-order valence-corrected chi connectivity index (χ2v) is 2.20.